The van der Waals surface area contributed by atoms with Crippen molar-refractivity contribution in [2.45, 2.75) is 39.7 Å². The van der Waals surface area contributed by atoms with Crippen molar-refractivity contribution in [1.29, 1.82) is 0 Å². The van der Waals surface area contributed by atoms with Crippen molar-refractivity contribution in [2.24, 2.45) is 0 Å². The largest absolute Gasteiger partial charge is 0.466 e. The molecule has 0 N–H and O–H groups in total. The molecule has 3 heteroatoms. The van der Waals surface area contributed by atoms with E-state index in [-0.39, 0.29) is 12.1 Å². The van der Waals surface area contributed by atoms with Crippen LogP contribution in [-0.2, 0) is 14.3 Å². The smallest absolute Gasteiger partial charge is 0.308 e. The zero-order valence-corrected chi connectivity index (χ0v) is 9.13. The molecule has 1 aliphatic heterocycles. The number of rotatable bonds is 3. The Morgan fingerprint density at radius 1 is 1.57 bits per heavy atom. The first-order chi connectivity index (χ1) is 6.65. The summed E-state index contributed by atoms with van der Waals surface area (Å²) in [7, 11) is 0. The third kappa shape index (κ3) is 2.84. The van der Waals surface area contributed by atoms with Crippen LogP contribution < -0.4 is 0 Å². The fourth-order valence-corrected chi connectivity index (χ4v) is 1.70. The first-order valence-corrected chi connectivity index (χ1v) is 5.08. The average molecular weight is 198 g/mol. The fourth-order valence-electron chi connectivity index (χ4n) is 1.70. The molecule has 0 saturated carbocycles. The predicted octanol–water partition coefficient (Wildman–Crippen LogP) is 2.06. The predicted molar refractivity (Wildman–Crippen MR) is 54.0 cm³/mol. The molecule has 0 unspecified atom stereocenters. The van der Waals surface area contributed by atoms with Crippen LogP contribution in [0.25, 0.3) is 0 Å². The number of hydrogen-bond acceptors (Lipinski definition) is 3. The second kappa shape index (κ2) is 5.15. The fraction of sp³-hybridized carbons (Fsp3) is 0.727. The van der Waals surface area contributed by atoms with E-state index in [0.29, 0.717) is 13.0 Å². The van der Waals surface area contributed by atoms with E-state index >= 15 is 0 Å². The summed E-state index contributed by atoms with van der Waals surface area (Å²) in [4.78, 5) is 11.2. The molecule has 1 fully saturated rings. The van der Waals surface area contributed by atoms with Gasteiger partial charge >= 0.3 is 5.97 Å². The summed E-state index contributed by atoms with van der Waals surface area (Å²) in [5.41, 5.74) is 2.52. The lowest BCUT2D eigenvalue weighted by Crippen LogP contribution is -2.17. The quantitative estimate of drug-likeness (QED) is 0.514. The SMILES string of the molecule is CCOC(=O)C[C@H]1OCCC1=C(C)C. The van der Waals surface area contributed by atoms with Gasteiger partial charge in [0, 0.05) is 0 Å². The number of esters is 1. The topological polar surface area (TPSA) is 35.5 Å². The Morgan fingerprint density at radius 3 is 2.86 bits per heavy atom. The molecule has 1 rings (SSSR count). The van der Waals surface area contributed by atoms with Crippen molar-refractivity contribution in [3.8, 4) is 0 Å². The molecule has 0 aromatic rings. The monoisotopic (exact) mass is 198 g/mol. The summed E-state index contributed by atoms with van der Waals surface area (Å²) in [6, 6.07) is 0. The second-order valence-electron chi connectivity index (χ2n) is 3.64. The van der Waals surface area contributed by atoms with E-state index in [2.05, 4.69) is 13.8 Å². The van der Waals surface area contributed by atoms with Crippen LogP contribution in [0.4, 0.5) is 0 Å². The summed E-state index contributed by atoms with van der Waals surface area (Å²) in [6.07, 6.45) is 1.26. The minimum atomic E-state index is -0.168. The van der Waals surface area contributed by atoms with Gasteiger partial charge in [0.15, 0.2) is 0 Å². The number of hydrogen-bond donors (Lipinski definition) is 0. The lowest BCUT2D eigenvalue weighted by molar-refractivity contribution is -0.145. The van der Waals surface area contributed by atoms with Crippen LogP contribution in [0.1, 0.15) is 33.6 Å². The first kappa shape index (κ1) is 11.2. The van der Waals surface area contributed by atoms with E-state index in [9.17, 15) is 4.79 Å². The Morgan fingerprint density at radius 2 is 2.29 bits per heavy atom. The number of carbonyl (C=O) groups excluding carboxylic acids is 1. The Hall–Kier alpha value is -0.830. The molecule has 0 spiro atoms. The van der Waals surface area contributed by atoms with Crippen LogP contribution in [-0.4, -0.2) is 25.3 Å². The van der Waals surface area contributed by atoms with Crippen molar-refractivity contribution in [3.63, 3.8) is 0 Å². The Bertz CT molecular complexity index is 239. The van der Waals surface area contributed by atoms with Crippen LogP contribution in [0.5, 0.6) is 0 Å². The third-order valence-electron chi connectivity index (χ3n) is 2.38. The summed E-state index contributed by atoms with van der Waals surface area (Å²) in [6.45, 7) is 7.10. The number of ether oxygens (including phenoxy) is 2. The van der Waals surface area contributed by atoms with Crippen molar-refractivity contribution < 1.29 is 14.3 Å². The normalized spacial score (nSPS) is 21.1. The molecule has 0 amide bonds. The highest BCUT2D eigenvalue weighted by molar-refractivity contribution is 5.70. The minimum Gasteiger partial charge on any atom is -0.466 e. The van der Waals surface area contributed by atoms with Gasteiger partial charge in [-0.05, 0) is 32.8 Å². The van der Waals surface area contributed by atoms with Crippen LogP contribution in [0.2, 0.25) is 0 Å². The molecule has 0 aliphatic carbocycles. The van der Waals surface area contributed by atoms with Crippen LogP contribution in [0.15, 0.2) is 11.1 Å². The number of carbonyl (C=O) groups is 1. The van der Waals surface area contributed by atoms with Crippen LogP contribution in [0.3, 0.4) is 0 Å². The van der Waals surface area contributed by atoms with E-state index in [0.717, 1.165) is 13.0 Å². The van der Waals surface area contributed by atoms with Gasteiger partial charge in [0.1, 0.15) is 0 Å². The Labute approximate surface area is 85.1 Å². The van der Waals surface area contributed by atoms with Gasteiger partial charge in [-0.25, -0.2) is 0 Å². The molecule has 0 aromatic heterocycles. The highest BCUT2D eigenvalue weighted by Crippen LogP contribution is 2.25. The molecule has 1 heterocycles. The molecular weight excluding hydrogens is 180 g/mol. The summed E-state index contributed by atoms with van der Waals surface area (Å²) >= 11 is 0. The van der Waals surface area contributed by atoms with Gasteiger partial charge in [-0.3, -0.25) is 4.79 Å². The number of allylic oxidation sites excluding steroid dienone is 1. The van der Waals surface area contributed by atoms with Crippen molar-refractivity contribution in [2.75, 3.05) is 13.2 Å². The molecule has 0 aromatic carbocycles. The van der Waals surface area contributed by atoms with Gasteiger partial charge < -0.3 is 9.47 Å². The van der Waals surface area contributed by atoms with Gasteiger partial charge in [0.2, 0.25) is 0 Å². The molecular formula is C11H18O3. The standard InChI is InChI=1S/C11H18O3/c1-4-13-11(12)7-10-9(8(2)3)5-6-14-10/h10H,4-7H2,1-3H3/t10-/m1/s1. The summed E-state index contributed by atoms with van der Waals surface area (Å²) < 4.78 is 10.4. The van der Waals surface area contributed by atoms with E-state index in [4.69, 9.17) is 9.47 Å². The van der Waals surface area contributed by atoms with Gasteiger partial charge in [0.05, 0.1) is 25.7 Å². The van der Waals surface area contributed by atoms with Gasteiger partial charge in [-0.1, -0.05) is 5.57 Å². The maximum atomic E-state index is 11.2. The highest BCUT2D eigenvalue weighted by Gasteiger charge is 2.25. The third-order valence-corrected chi connectivity index (χ3v) is 2.38. The van der Waals surface area contributed by atoms with E-state index in [1.165, 1.54) is 11.1 Å². The molecule has 1 aliphatic rings. The molecule has 0 bridgehead atoms. The summed E-state index contributed by atoms with van der Waals surface area (Å²) in [5, 5.41) is 0. The maximum Gasteiger partial charge on any atom is 0.308 e. The van der Waals surface area contributed by atoms with E-state index in [1.54, 1.807) is 0 Å². The highest BCUT2D eigenvalue weighted by atomic mass is 16.5. The zero-order chi connectivity index (χ0) is 10.6. The second-order valence-corrected chi connectivity index (χ2v) is 3.64. The van der Waals surface area contributed by atoms with Gasteiger partial charge in [0.25, 0.3) is 0 Å². The van der Waals surface area contributed by atoms with Gasteiger partial charge in [-0.15, -0.1) is 0 Å². The molecule has 0 radical (unpaired) electrons. The summed E-state index contributed by atoms with van der Waals surface area (Å²) in [5.74, 6) is -0.168. The molecule has 14 heavy (non-hydrogen) atoms. The van der Waals surface area contributed by atoms with Crippen molar-refractivity contribution in [1.82, 2.24) is 0 Å². The first-order valence-electron chi connectivity index (χ1n) is 5.08. The lowest BCUT2D eigenvalue weighted by atomic mass is 10.0. The molecule has 1 saturated heterocycles. The molecule has 1 atom stereocenters. The maximum absolute atomic E-state index is 11.2. The van der Waals surface area contributed by atoms with Crippen LogP contribution in [0, 0.1) is 0 Å². The van der Waals surface area contributed by atoms with E-state index < -0.39 is 0 Å². The minimum absolute atomic E-state index is 0.0425. The van der Waals surface area contributed by atoms with Gasteiger partial charge in [-0.2, -0.15) is 0 Å². The average Bonchev–Trinajstić information content (AvgIpc) is 2.52. The van der Waals surface area contributed by atoms with Crippen LogP contribution >= 0.6 is 0 Å². The molecule has 3 nitrogen and oxygen atoms in total. The molecule has 80 valence electrons. The van der Waals surface area contributed by atoms with Crippen molar-refractivity contribution in [3.05, 3.63) is 11.1 Å². The Balaban J connectivity index is 2.52. The zero-order valence-electron chi connectivity index (χ0n) is 9.13. The van der Waals surface area contributed by atoms with E-state index in [1.807, 2.05) is 6.92 Å². The van der Waals surface area contributed by atoms with Crippen molar-refractivity contribution >= 4 is 5.97 Å². The lowest BCUT2D eigenvalue weighted by Gasteiger charge is -2.12. The Kier molecular flexibility index (Phi) is 4.14.